The topological polar surface area (TPSA) is 29.3 Å². The lowest BCUT2D eigenvalue weighted by Gasteiger charge is -2.30. The minimum absolute atomic E-state index is 0.430. The van der Waals surface area contributed by atoms with E-state index in [0.717, 1.165) is 5.92 Å². The van der Waals surface area contributed by atoms with Gasteiger partial charge in [0.1, 0.15) is 0 Å². The Morgan fingerprint density at radius 2 is 1.95 bits per heavy atom. The molecule has 1 aromatic rings. The first kappa shape index (κ1) is 15.4. The summed E-state index contributed by atoms with van der Waals surface area (Å²) in [6.07, 6.45) is 3.94. The number of benzene rings is 1. The number of anilines is 1. The van der Waals surface area contributed by atoms with Crippen molar-refractivity contribution in [1.29, 1.82) is 0 Å². The van der Waals surface area contributed by atoms with Crippen LogP contribution >= 0.6 is 0 Å². The van der Waals surface area contributed by atoms with Crippen LogP contribution in [-0.2, 0) is 6.54 Å². The van der Waals surface area contributed by atoms with Crippen molar-refractivity contribution in [3.05, 3.63) is 29.3 Å². The van der Waals surface area contributed by atoms with Gasteiger partial charge in [-0.15, -0.1) is 0 Å². The molecule has 1 heterocycles. The van der Waals surface area contributed by atoms with Crippen molar-refractivity contribution < 1.29 is 0 Å². The van der Waals surface area contributed by atoms with Crippen molar-refractivity contribution in [3.63, 3.8) is 0 Å². The molecule has 2 heteroatoms. The molecule has 1 unspecified atom stereocenters. The fourth-order valence-corrected chi connectivity index (χ4v) is 3.34. The Balaban J connectivity index is 2.16. The van der Waals surface area contributed by atoms with Crippen LogP contribution in [0.25, 0.3) is 0 Å². The zero-order valence-corrected chi connectivity index (χ0v) is 13.6. The lowest BCUT2D eigenvalue weighted by Crippen LogP contribution is -2.27. The molecule has 2 N–H and O–H groups in total. The van der Waals surface area contributed by atoms with Crippen LogP contribution in [0.3, 0.4) is 0 Å². The highest BCUT2D eigenvalue weighted by Crippen LogP contribution is 2.35. The second kappa shape index (κ2) is 6.17. The van der Waals surface area contributed by atoms with Gasteiger partial charge in [-0.25, -0.2) is 0 Å². The van der Waals surface area contributed by atoms with Crippen LogP contribution in [-0.4, -0.2) is 13.1 Å². The molecule has 0 spiro atoms. The van der Waals surface area contributed by atoms with Gasteiger partial charge < -0.3 is 10.6 Å². The zero-order valence-electron chi connectivity index (χ0n) is 13.6. The van der Waals surface area contributed by atoms with Crippen LogP contribution in [0.4, 0.5) is 5.69 Å². The highest BCUT2D eigenvalue weighted by atomic mass is 15.1. The van der Waals surface area contributed by atoms with E-state index >= 15 is 0 Å². The van der Waals surface area contributed by atoms with Crippen LogP contribution in [0.5, 0.6) is 0 Å². The summed E-state index contributed by atoms with van der Waals surface area (Å²) >= 11 is 0. The van der Waals surface area contributed by atoms with E-state index in [2.05, 4.69) is 50.8 Å². The van der Waals surface area contributed by atoms with Gasteiger partial charge in [-0.2, -0.15) is 0 Å². The maximum Gasteiger partial charge on any atom is 0.0414 e. The van der Waals surface area contributed by atoms with E-state index < -0.39 is 0 Å². The standard InChI is InChI=1S/C18H30N2/c1-14-7-8-15(13-19)17(12-14)20-10-5-6-16(9-11-20)18(2,3)4/h7-8,12,16H,5-6,9-11,13,19H2,1-4H3. The Bertz CT molecular complexity index is 445. The second-order valence-electron chi connectivity index (χ2n) is 7.32. The summed E-state index contributed by atoms with van der Waals surface area (Å²) < 4.78 is 0. The third-order valence-corrected chi connectivity index (χ3v) is 4.75. The number of aryl methyl sites for hydroxylation is 1. The van der Waals surface area contributed by atoms with E-state index in [9.17, 15) is 0 Å². The number of nitrogens with zero attached hydrogens (tertiary/aromatic N) is 1. The molecule has 1 aromatic carbocycles. The van der Waals surface area contributed by atoms with E-state index in [1.165, 1.54) is 49.2 Å². The number of rotatable bonds is 2. The minimum Gasteiger partial charge on any atom is -0.371 e. The van der Waals surface area contributed by atoms with E-state index in [-0.39, 0.29) is 0 Å². The molecular weight excluding hydrogens is 244 g/mol. The highest BCUT2D eigenvalue weighted by Gasteiger charge is 2.27. The summed E-state index contributed by atoms with van der Waals surface area (Å²) in [5.74, 6) is 0.832. The van der Waals surface area contributed by atoms with Crippen LogP contribution in [0, 0.1) is 18.3 Å². The van der Waals surface area contributed by atoms with Crippen molar-refractivity contribution in [2.75, 3.05) is 18.0 Å². The molecule has 0 amide bonds. The average Bonchev–Trinajstić information content (AvgIpc) is 2.63. The molecule has 1 atom stereocenters. The molecule has 2 rings (SSSR count). The van der Waals surface area contributed by atoms with Crippen molar-refractivity contribution >= 4 is 5.69 Å². The summed E-state index contributed by atoms with van der Waals surface area (Å²) in [6, 6.07) is 6.66. The number of hydrogen-bond acceptors (Lipinski definition) is 2. The fraction of sp³-hybridized carbons (Fsp3) is 0.667. The van der Waals surface area contributed by atoms with Gasteiger partial charge in [0.2, 0.25) is 0 Å². The van der Waals surface area contributed by atoms with Crippen molar-refractivity contribution in [2.45, 2.75) is 53.5 Å². The van der Waals surface area contributed by atoms with Gasteiger partial charge in [-0.05, 0) is 54.7 Å². The molecule has 2 nitrogen and oxygen atoms in total. The molecule has 1 saturated heterocycles. The van der Waals surface area contributed by atoms with Crippen LogP contribution in [0.15, 0.2) is 18.2 Å². The van der Waals surface area contributed by atoms with Crippen molar-refractivity contribution in [3.8, 4) is 0 Å². The molecule has 0 aromatic heterocycles. The summed E-state index contributed by atoms with van der Waals surface area (Å²) in [5, 5.41) is 0. The van der Waals surface area contributed by atoms with Gasteiger partial charge in [0, 0.05) is 25.3 Å². The van der Waals surface area contributed by atoms with Gasteiger partial charge in [-0.3, -0.25) is 0 Å². The lowest BCUT2D eigenvalue weighted by atomic mass is 9.77. The van der Waals surface area contributed by atoms with Gasteiger partial charge in [0.25, 0.3) is 0 Å². The smallest absolute Gasteiger partial charge is 0.0414 e. The molecule has 1 aliphatic rings. The van der Waals surface area contributed by atoms with Crippen LogP contribution < -0.4 is 10.6 Å². The second-order valence-corrected chi connectivity index (χ2v) is 7.32. The van der Waals surface area contributed by atoms with Crippen molar-refractivity contribution in [1.82, 2.24) is 0 Å². The van der Waals surface area contributed by atoms with Crippen LogP contribution in [0.1, 0.15) is 51.2 Å². The summed E-state index contributed by atoms with van der Waals surface area (Å²) in [7, 11) is 0. The van der Waals surface area contributed by atoms with Gasteiger partial charge >= 0.3 is 0 Å². The first-order valence-electron chi connectivity index (χ1n) is 7.96. The zero-order chi connectivity index (χ0) is 14.8. The largest absolute Gasteiger partial charge is 0.371 e. The number of hydrogen-bond donors (Lipinski definition) is 1. The summed E-state index contributed by atoms with van der Waals surface area (Å²) in [4.78, 5) is 2.56. The van der Waals surface area contributed by atoms with E-state index in [4.69, 9.17) is 5.73 Å². The molecule has 0 radical (unpaired) electrons. The minimum atomic E-state index is 0.430. The van der Waals surface area contributed by atoms with Gasteiger partial charge in [0.05, 0.1) is 0 Å². The average molecular weight is 274 g/mol. The monoisotopic (exact) mass is 274 g/mol. The Labute approximate surface area is 124 Å². The molecule has 0 bridgehead atoms. The van der Waals surface area contributed by atoms with Gasteiger partial charge in [-0.1, -0.05) is 32.9 Å². The molecule has 20 heavy (non-hydrogen) atoms. The van der Waals surface area contributed by atoms with E-state index in [0.29, 0.717) is 12.0 Å². The highest BCUT2D eigenvalue weighted by molar-refractivity contribution is 5.55. The third kappa shape index (κ3) is 3.54. The summed E-state index contributed by atoms with van der Waals surface area (Å²) in [5.41, 5.74) is 10.3. The van der Waals surface area contributed by atoms with Gasteiger partial charge in [0.15, 0.2) is 0 Å². The maximum atomic E-state index is 5.92. The molecule has 1 fully saturated rings. The van der Waals surface area contributed by atoms with Crippen molar-refractivity contribution in [2.24, 2.45) is 17.1 Å². The Morgan fingerprint density at radius 1 is 1.20 bits per heavy atom. The fourth-order valence-electron chi connectivity index (χ4n) is 3.34. The number of nitrogens with two attached hydrogens (primary N) is 1. The predicted octanol–water partition coefficient (Wildman–Crippen LogP) is 4.11. The predicted molar refractivity (Wildman–Crippen MR) is 88.1 cm³/mol. The summed E-state index contributed by atoms with van der Waals surface area (Å²) in [6.45, 7) is 12.3. The molecule has 0 aliphatic carbocycles. The normalized spacial score (nSPS) is 20.9. The SMILES string of the molecule is Cc1ccc(CN)c(N2CCCC(C(C)(C)C)CC2)c1. The Morgan fingerprint density at radius 3 is 2.60 bits per heavy atom. The van der Waals surface area contributed by atoms with Crippen LogP contribution in [0.2, 0.25) is 0 Å². The molecule has 1 aliphatic heterocycles. The lowest BCUT2D eigenvalue weighted by molar-refractivity contribution is 0.220. The third-order valence-electron chi connectivity index (χ3n) is 4.75. The first-order chi connectivity index (χ1) is 9.41. The Hall–Kier alpha value is -1.02. The first-order valence-corrected chi connectivity index (χ1v) is 7.96. The maximum absolute atomic E-state index is 5.92. The van der Waals surface area contributed by atoms with E-state index in [1.807, 2.05) is 0 Å². The molecule has 0 saturated carbocycles. The molecular formula is C18H30N2. The Kier molecular flexibility index (Phi) is 4.74. The quantitative estimate of drug-likeness (QED) is 0.879. The molecule has 112 valence electrons. The van der Waals surface area contributed by atoms with E-state index in [1.54, 1.807) is 0 Å².